The van der Waals surface area contributed by atoms with E-state index in [1.807, 2.05) is 49.2 Å². The second-order valence-electron chi connectivity index (χ2n) is 8.90. The van der Waals surface area contributed by atoms with Gasteiger partial charge in [0.05, 0.1) is 17.1 Å². The van der Waals surface area contributed by atoms with Gasteiger partial charge in [-0.1, -0.05) is 6.07 Å². The van der Waals surface area contributed by atoms with E-state index in [1.165, 1.54) is 37.2 Å². The van der Waals surface area contributed by atoms with Crippen LogP contribution in [0.1, 0.15) is 29.8 Å². The molecule has 2 aliphatic rings. The Bertz CT molecular complexity index is 1010. The lowest BCUT2D eigenvalue weighted by atomic mass is 10.0. The molecule has 0 aromatic carbocycles. The summed E-state index contributed by atoms with van der Waals surface area (Å²) < 4.78 is 1.81. The fourth-order valence-corrected chi connectivity index (χ4v) is 5.15. The number of aryl methyl sites for hydroxylation is 3. The average molecular weight is 404 g/mol. The molecule has 7 heteroatoms. The first kappa shape index (κ1) is 19.2. The first-order chi connectivity index (χ1) is 14.5. The third-order valence-corrected chi connectivity index (χ3v) is 6.62. The summed E-state index contributed by atoms with van der Waals surface area (Å²) in [6.07, 6.45) is 6.30. The summed E-state index contributed by atoms with van der Waals surface area (Å²) in [6, 6.07) is 8.73. The Morgan fingerprint density at radius 3 is 2.50 bits per heavy atom. The van der Waals surface area contributed by atoms with Crippen LogP contribution in [0, 0.1) is 25.7 Å². The van der Waals surface area contributed by atoms with E-state index in [1.54, 1.807) is 0 Å². The highest BCUT2D eigenvalue weighted by molar-refractivity contribution is 5.61. The second-order valence-corrected chi connectivity index (χ2v) is 8.90. The van der Waals surface area contributed by atoms with Gasteiger partial charge in [0.2, 0.25) is 0 Å². The molecule has 0 unspecified atom stereocenters. The van der Waals surface area contributed by atoms with Crippen LogP contribution in [0.15, 0.2) is 36.7 Å². The summed E-state index contributed by atoms with van der Waals surface area (Å²) in [5.41, 5.74) is 5.38. The molecular formula is C23H29N7. The zero-order chi connectivity index (χ0) is 20.7. The Morgan fingerprint density at radius 2 is 1.87 bits per heavy atom. The number of hydrogen-bond donors (Lipinski definition) is 1. The number of pyridine rings is 1. The summed E-state index contributed by atoms with van der Waals surface area (Å²) >= 11 is 0. The van der Waals surface area contributed by atoms with Crippen LogP contribution >= 0.6 is 0 Å². The predicted octanol–water partition coefficient (Wildman–Crippen LogP) is 3.21. The van der Waals surface area contributed by atoms with Gasteiger partial charge in [0, 0.05) is 50.7 Å². The molecule has 3 aromatic heterocycles. The SMILES string of the molecule is Cc1cccnc1CN1C[C@H]2C[C@@H](Nc3ccc(-c4cn(C)nc4C)nn3)C[C@H]2C1. The number of likely N-dealkylation sites (tertiary alicyclic amines) is 1. The summed E-state index contributed by atoms with van der Waals surface area (Å²) in [4.78, 5) is 7.14. The van der Waals surface area contributed by atoms with E-state index < -0.39 is 0 Å². The molecule has 5 rings (SSSR count). The highest BCUT2D eigenvalue weighted by Gasteiger charge is 2.41. The normalized spacial score (nSPS) is 23.6. The van der Waals surface area contributed by atoms with Crippen molar-refractivity contribution >= 4 is 5.82 Å². The van der Waals surface area contributed by atoms with Gasteiger partial charge in [-0.25, -0.2) is 0 Å². The molecule has 0 bridgehead atoms. The third-order valence-electron chi connectivity index (χ3n) is 6.62. The Hall–Kier alpha value is -2.80. The van der Waals surface area contributed by atoms with Gasteiger partial charge < -0.3 is 5.32 Å². The van der Waals surface area contributed by atoms with E-state index in [0.717, 1.165) is 41.1 Å². The predicted molar refractivity (Wildman–Crippen MR) is 117 cm³/mol. The number of nitrogens with zero attached hydrogens (tertiary/aromatic N) is 6. The van der Waals surface area contributed by atoms with Crippen LogP contribution in [0.25, 0.3) is 11.3 Å². The van der Waals surface area contributed by atoms with Crippen LogP contribution in [0.5, 0.6) is 0 Å². The monoisotopic (exact) mass is 403 g/mol. The van der Waals surface area contributed by atoms with Gasteiger partial charge in [-0.15, -0.1) is 10.2 Å². The molecule has 1 saturated heterocycles. The van der Waals surface area contributed by atoms with Gasteiger partial charge in [0.1, 0.15) is 5.82 Å². The average Bonchev–Trinajstić information content (AvgIpc) is 3.37. The summed E-state index contributed by atoms with van der Waals surface area (Å²) in [5, 5.41) is 16.9. The van der Waals surface area contributed by atoms with Gasteiger partial charge in [-0.05, 0) is 62.3 Å². The molecule has 3 aromatic rings. The number of rotatable bonds is 5. The maximum atomic E-state index is 4.57. The largest absolute Gasteiger partial charge is 0.366 e. The van der Waals surface area contributed by atoms with Crippen molar-refractivity contribution in [2.24, 2.45) is 18.9 Å². The van der Waals surface area contributed by atoms with E-state index in [9.17, 15) is 0 Å². The maximum absolute atomic E-state index is 4.57. The van der Waals surface area contributed by atoms with Crippen LogP contribution in [-0.2, 0) is 13.6 Å². The number of fused-ring (bicyclic) bond motifs is 1. The molecular weight excluding hydrogens is 374 g/mol. The van der Waals surface area contributed by atoms with Crippen LogP contribution in [0.2, 0.25) is 0 Å². The first-order valence-electron chi connectivity index (χ1n) is 10.8. The molecule has 1 aliphatic carbocycles. The highest BCUT2D eigenvalue weighted by atomic mass is 15.3. The van der Waals surface area contributed by atoms with Crippen molar-refractivity contribution in [2.45, 2.75) is 39.3 Å². The first-order valence-corrected chi connectivity index (χ1v) is 10.8. The zero-order valence-corrected chi connectivity index (χ0v) is 17.9. The molecule has 0 amide bonds. The summed E-state index contributed by atoms with van der Waals surface area (Å²) in [7, 11) is 1.93. The van der Waals surface area contributed by atoms with Crippen LogP contribution < -0.4 is 5.32 Å². The van der Waals surface area contributed by atoms with E-state index in [2.05, 4.69) is 43.5 Å². The van der Waals surface area contributed by atoms with Crippen molar-refractivity contribution in [1.29, 1.82) is 0 Å². The number of hydrogen-bond acceptors (Lipinski definition) is 6. The molecule has 156 valence electrons. The second kappa shape index (κ2) is 7.80. The zero-order valence-electron chi connectivity index (χ0n) is 17.9. The van der Waals surface area contributed by atoms with Crippen molar-refractivity contribution in [3.63, 3.8) is 0 Å². The molecule has 2 fully saturated rings. The van der Waals surface area contributed by atoms with Crippen LogP contribution in [0.3, 0.4) is 0 Å². The van der Waals surface area contributed by atoms with Crippen molar-refractivity contribution in [3.05, 3.63) is 53.6 Å². The van der Waals surface area contributed by atoms with Crippen molar-refractivity contribution in [3.8, 4) is 11.3 Å². The molecule has 4 heterocycles. The lowest BCUT2D eigenvalue weighted by Crippen LogP contribution is -2.25. The Kier molecular flexibility index (Phi) is 4.98. The van der Waals surface area contributed by atoms with E-state index in [4.69, 9.17) is 0 Å². The minimum absolute atomic E-state index is 0.485. The smallest absolute Gasteiger partial charge is 0.148 e. The molecule has 0 spiro atoms. The Labute approximate surface area is 177 Å². The van der Waals surface area contributed by atoms with E-state index in [0.29, 0.717) is 6.04 Å². The quantitative estimate of drug-likeness (QED) is 0.705. The highest BCUT2D eigenvalue weighted by Crippen LogP contribution is 2.39. The summed E-state index contributed by atoms with van der Waals surface area (Å²) in [6.45, 7) is 7.46. The van der Waals surface area contributed by atoms with Crippen molar-refractivity contribution in [1.82, 2.24) is 29.9 Å². The number of nitrogens with one attached hydrogen (secondary N) is 1. The van der Waals surface area contributed by atoms with Gasteiger partial charge >= 0.3 is 0 Å². The minimum Gasteiger partial charge on any atom is -0.366 e. The van der Waals surface area contributed by atoms with Crippen molar-refractivity contribution in [2.75, 3.05) is 18.4 Å². The van der Waals surface area contributed by atoms with Gasteiger partial charge in [0.25, 0.3) is 0 Å². The molecule has 1 aliphatic heterocycles. The topological polar surface area (TPSA) is 71.8 Å². The van der Waals surface area contributed by atoms with E-state index >= 15 is 0 Å². The molecule has 1 N–H and O–H groups in total. The lowest BCUT2D eigenvalue weighted by molar-refractivity contribution is 0.297. The van der Waals surface area contributed by atoms with Crippen LogP contribution in [-0.4, -0.2) is 49.0 Å². The molecule has 3 atom stereocenters. The van der Waals surface area contributed by atoms with Gasteiger partial charge in [0.15, 0.2) is 0 Å². The number of aromatic nitrogens is 5. The molecule has 30 heavy (non-hydrogen) atoms. The summed E-state index contributed by atoms with van der Waals surface area (Å²) in [5.74, 6) is 2.39. The number of anilines is 1. The van der Waals surface area contributed by atoms with Gasteiger partial charge in [-0.3, -0.25) is 14.6 Å². The van der Waals surface area contributed by atoms with E-state index in [-0.39, 0.29) is 0 Å². The fraction of sp³-hybridized carbons (Fsp3) is 0.478. The minimum atomic E-state index is 0.485. The standard InChI is InChI=1S/C23H29N7/c1-15-5-4-8-24-22(15)14-30-11-17-9-19(10-18(17)12-30)25-23-7-6-21(26-27-23)20-13-29(3)28-16(20)2/h4-8,13,17-19H,9-12,14H2,1-3H3,(H,25,27)/t17-,18+,19-. The molecule has 7 nitrogen and oxygen atoms in total. The fourth-order valence-electron chi connectivity index (χ4n) is 5.15. The van der Waals surface area contributed by atoms with Crippen molar-refractivity contribution < 1.29 is 0 Å². The Morgan fingerprint density at radius 1 is 1.07 bits per heavy atom. The maximum Gasteiger partial charge on any atom is 0.148 e. The lowest BCUT2D eigenvalue weighted by Gasteiger charge is -2.20. The van der Waals surface area contributed by atoms with Gasteiger partial charge in [-0.2, -0.15) is 5.10 Å². The molecule has 0 radical (unpaired) electrons. The Balaban J connectivity index is 1.16. The van der Waals surface area contributed by atoms with Crippen LogP contribution in [0.4, 0.5) is 5.82 Å². The third kappa shape index (κ3) is 3.81. The molecule has 1 saturated carbocycles.